The van der Waals surface area contributed by atoms with Gasteiger partial charge in [-0.15, -0.1) is 0 Å². The normalized spacial score (nSPS) is 15.6. The van der Waals surface area contributed by atoms with Crippen LogP contribution in [0, 0.1) is 0 Å². The van der Waals surface area contributed by atoms with Crippen molar-refractivity contribution in [3.8, 4) is 0 Å². The second-order valence-electron chi connectivity index (χ2n) is 8.33. The molecule has 0 atom stereocenters. The number of H-pyrrole nitrogens is 1. The molecular formula is C25H26N4O2. The van der Waals surface area contributed by atoms with Crippen LogP contribution < -0.4 is 5.69 Å². The van der Waals surface area contributed by atoms with Gasteiger partial charge in [-0.2, -0.15) is 0 Å². The van der Waals surface area contributed by atoms with E-state index in [-0.39, 0.29) is 17.5 Å². The third-order valence-corrected chi connectivity index (χ3v) is 6.35. The van der Waals surface area contributed by atoms with E-state index in [0.717, 1.165) is 66.4 Å². The monoisotopic (exact) mass is 414 g/mol. The van der Waals surface area contributed by atoms with Gasteiger partial charge in [0.15, 0.2) is 5.78 Å². The number of piperidine rings is 1. The van der Waals surface area contributed by atoms with E-state index < -0.39 is 0 Å². The van der Waals surface area contributed by atoms with Gasteiger partial charge in [-0.25, -0.2) is 4.79 Å². The van der Waals surface area contributed by atoms with E-state index in [1.165, 1.54) is 0 Å². The Labute approximate surface area is 180 Å². The number of benzene rings is 2. The highest BCUT2D eigenvalue weighted by Gasteiger charge is 2.23. The van der Waals surface area contributed by atoms with Crippen molar-refractivity contribution in [2.24, 2.45) is 0 Å². The van der Waals surface area contributed by atoms with Crippen molar-refractivity contribution < 1.29 is 4.79 Å². The first-order valence-corrected chi connectivity index (χ1v) is 11.0. The summed E-state index contributed by atoms with van der Waals surface area (Å²) >= 11 is 0. The van der Waals surface area contributed by atoms with Crippen LogP contribution >= 0.6 is 0 Å². The van der Waals surface area contributed by atoms with Gasteiger partial charge >= 0.3 is 5.69 Å². The zero-order valence-corrected chi connectivity index (χ0v) is 17.5. The fraction of sp³-hybridized carbons (Fsp3) is 0.320. The Morgan fingerprint density at radius 2 is 1.90 bits per heavy atom. The second kappa shape index (κ2) is 8.47. The van der Waals surface area contributed by atoms with Gasteiger partial charge in [0.05, 0.1) is 16.6 Å². The van der Waals surface area contributed by atoms with Crippen LogP contribution in [0.15, 0.2) is 65.6 Å². The average molecular weight is 415 g/mol. The van der Waals surface area contributed by atoms with E-state index in [1.54, 1.807) is 6.20 Å². The number of aromatic nitrogens is 3. The molecule has 6 heteroatoms. The molecule has 1 fully saturated rings. The lowest BCUT2D eigenvalue weighted by atomic mass is 10.0. The summed E-state index contributed by atoms with van der Waals surface area (Å²) in [6, 6.07) is 17.7. The third kappa shape index (κ3) is 4.03. The van der Waals surface area contributed by atoms with Gasteiger partial charge < -0.3 is 9.88 Å². The van der Waals surface area contributed by atoms with Crippen LogP contribution in [0.4, 0.5) is 0 Å². The molecule has 2 aromatic heterocycles. The Morgan fingerprint density at radius 3 is 2.77 bits per heavy atom. The molecule has 1 saturated heterocycles. The molecule has 5 rings (SSSR count). The lowest BCUT2D eigenvalue weighted by molar-refractivity contribution is 0.0970. The number of hydrogen-bond donors (Lipinski definition) is 1. The van der Waals surface area contributed by atoms with Crippen molar-refractivity contribution >= 4 is 27.7 Å². The molecule has 31 heavy (non-hydrogen) atoms. The van der Waals surface area contributed by atoms with Gasteiger partial charge in [0.2, 0.25) is 0 Å². The summed E-state index contributed by atoms with van der Waals surface area (Å²) < 4.78 is 1.92. The molecule has 2 aromatic carbocycles. The average Bonchev–Trinajstić information content (AvgIpc) is 3.15. The molecule has 6 nitrogen and oxygen atoms in total. The zero-order chi connectivity index (χ0) is 21.2. The molecule has 158 valence electrons. The van der Waals surface area contributed by atoms with E-state index in [2.05, 4.69) is 14.9 Å². The van der Waals surface area contributed by atoms with Crippen molar-refractivity contribution in [3.63, 3.8) is 0 Å². The SMILES string of the molecule is O=C(CCCN1CCC(n2c(=O)[nH]c3ccccc32)CC1)c1ccc2ncccc2c1. The number of carbonyl (C=O) groups excluding carboxylic acids is 1. The van der Waals surface area contributed by atoms with Crippen LogP contribution in [0.5, 0.6) is 0 Å². The highest BCUT2D eigenvalue weighted by Crippen LogP contribution is 2.25. The predicted molar refractivity (Wildman–Crippen MR) is 123 cm³/mol. The Hall–Kier alpha value is -3.25. The smallest absolute Gasteiger partial charge is 0.306 e. The fourth-order valence-electron chi connectivity index (χ4n) is 4.69. The maximum atomic E-state index is 12.6. The van der Waals surface area contributed by atoms with Crippen molar-refractivity contribution in [3.05, 3.63) is 76.8 Å². The number of imidazole rings is 1. The van der Waals surface area contributed by atoms with Gasteiger partial charge in [-0.05, 0) is 62.2 Å². The number of nitrogens with one attached hydrogen (secondary N) is 1. The molecule has 0 radical (unpaired) electrons. The predicted octanol–water partition coefficient (Wildman–Crippen LogP) is 4.18. The number of Topliss-reactive ketones (excluding diaryl/α,β-unsaturated/α-hetero) is 1. The molecule has 1 N–H and O–H groups in total. The molecule has 0 spiro atoms. The van der Waals surface area contributed by atoms with Gasteiger partial charge in [0, 0.05) is 42.7 Å². The summed E-state index contributed by atoms with van der Waals surface area (Å²) in [5, 5.41) is 1.00. The third-order valence-electron chi connectivity index (χ3n) is 6.35. The Morgan fingerprint density at radius 1 is 1.06 bits per heavy atom. The Bertz CT molecular complexity index is 1280. The Balaban J connectivity index is 1.14. The molecular weight excluding hydrogens is 388 g/mol. The Kier molecular flexibility index (Phi) is 5.38. The van der Waals surface area contributed by atoms with Crippen LogP contribution in [0.2, 0.25) is 0 Å². The molecule has 1 aliphatic heterocycles. The number of aromatic amines is 1. The first kappa shape index (κ1) is 19.7. The molecule has 1 aliphatic rings. The number of likely N-dealkylation sites (tertiary alicyclic amines) is 1. The first-order chi connectivity index (χ1) is 15.2. The summed E-state index contributed by atoms with van der Waals surface area (Å²) in [5.41, 5.74) is 3.55. The van der Waals surface area contributed by atoms with Gasteiger partial charge in [0.25, 0.3) is 0 Å². The highest BCUT2D eigenvalue weighted by atomic mass is 16.1. The van der Waals surface area contributed by atoms with Gasteiger partial charge in [-0.3, -0.25) is 14.3 Å². The summed E-state index contributed by atoms with van der Waals surface area (Å²) in [7, 11) is 0. The van der Waals surface area contributed by atoms with Crippen molar-refractivity contribution in [2.45, 2.75) is 31.7 Å². The molecule has 0 saturated carbocycles. The fourth-order valence-corrected chi connectivity index (χ4v) is 4.69. The van der Waals surface area contributed by atoms with Crippen molar-refractivity contribution in [2.75, 3.05) is 19.6 Å². The van der Waals surface area contributed by atoms with Crippen molar-refractivity contribution in [1.82, 2.24) is 19.4 Å². The van der Waals surface area contributed by atoms with Crippen LogP contribution in [0.25, 0.3) is 21.9 Å². The summed E-state index contributed by atoms with van der Waals surface area (Å²) in [5.74, 6) is 0.186. The number of pyridine rings is 1. The quantitative estimate of drug-likeness (QED) is 0.481. The van der Waals surface area contributed by atoms with Crippen molar-refractivity contribution in [1.29, 1.82) is 0 Å². The molecule has 0 aliphatic carbocycles. The number of rotatable bonds is 6. The summed E-state index contributed by atoms with van der Waals surface area (Å²) in [4.78, 5) is 34.7. The summed E-state index contributed by atoms with van der Waals surface area (Å²) in [6.07, 6.45) is 5.07. The number of hydrogen-bond acceptors (Lipinski definition) is 4. The number of para-hydroxylation sites is 2. The zero-order valence-electron chi connectivity index (χ0n) is 17.5. The topological polar surface area (TPSA) is 71.0 Å². The minimum atomic E-state index is -0.0177. The second-order valence-corrected chi connectivity index (χ2v) is 8.33. The summed E-state index contributed by atoms with van der Waals surface area (Å²) in [6.45, 7) is 2.81. The molecule has 0 amide bonds. The van der Waals surface area contributed by atoms with E-state index >= 15 is 0 Å². The van der Waals surface area contributed by atoms with Crippen LogP contribution in [0.3, 0.4) is 0 Å². The lowest BCUT2D eigenvalue weighted by Gasteiger charge is -2.32. The maximum Gasteiger partial charge on any atom is 0.326 e. The highest BCUT2D eigenvalue weighted by molar-refractivity contribution is 5.99. The van der Waals surface area contributed by atoms with Crippen LogP contribution in [0.1, 0.15) is 42.1 Å². The van der Waals surface area contributed by atoms with Gasteiger partial charge in [0.1, 0.15) is 0 Å². The first-order valence-electron chi connectivity index (χ1n) is 11.0. The molecule has 0 unspecified atom stereocenters. The number of nitrogens with zero attached hydrogens (tertiary/aromatic N) is 3. The van der Waals surface area contributed by atoms with Crippen LogP contribution in [-0.4, -0.2) is 44.9 Å². The van der Waals surface area contributed by atoms with Crippen LogP contribution in [-0.2, 0) is 0 Å². The number of ketones is 1. The number of fused-ring (bicyclic) bond motifs is 2. The van der Waals surface area contributed by atoms with E-state index in [0.29, 0.717) is 6.42 Å². The minimum Gasteiger partial charge on any atom is -0.306 e. The largest absolute Gasteiger partial charge is 0.326 e. The van der Waals surface area contributed by atoms with E-state index in [9.17, 15) is 9.59 Å². The lowest BCUT2D eigenvalue weighted by Crippen LogP contribution is -2.37. The standard InChI is InChI=1S/C25H26N4O2/c30-24(19-9-10-21-18(17-19)5-3-13-26-21)8-4-14-28-15-11-20(12-16-28)29-23-7-2-1-6-22(23)27-25(29)31/h1-3,5-7,9-10,13,17,20H,4,8,11-12,14-16H2,(H,27,31). The molecule has 0 bridgehead atoms. The van der Waals surface area contributed by atoms with Gasteiger partial charge in [-0.1, -0.05) is 18.2 Å². The minimum absolute atomic E-state index is 0.0177. The number of carbonyl (C=O) groups is 1. The van der Waals surface area contributed by atoms with E-state index in [1.807, 2.05) is 59.2 Å². The molecule has 3 heterocycles. The maximum absolute atomic E-state index is 12.6. The molecule has 4 aromatic rings. The van der Waals surface area contributed by atoms with E-state index in [4.69, 9.17) is 0 Å².